The molecule has 1 heterocycles. The van der Waals surface area contributed by atoms with E-state index in [0.29, 0.717) is 12.8 Å². The molecule has 0 spiro atoms. The standard InChI is InChI=1S/C17H23N3O3/c1-4-15-18-12-7-5-6-8-14(12)20(15)10-16(21)19-13(17(22)23)9-11(2)3/h5-8,11,13H,4,9-10H2,1-3H3,(H,19,21)(H,22,23)/t13-/m1/s1. The molecule has 1 atom stereocenters. The number of imidazole rings is 1. The van der Waals surface area contributed by atoms with Crippen LogP contribution in [-0.4, -0.2) is 32.6 Å². The topological polar surface area (TPSA) is 84.2 Å². The van der Waals surface area contributed by atoms with Crippen LogP contribution in [-0.2, 0) is 22.6 Å². The number of carbonyl (C=O) groups excluding carboxylic acids is 1. The number of carboxylic acids is 1. The van der Waals surface area contributed by atoms with Crippen molar-refractivity contribution in [1.82, 2.24) is 14.9 Å². The summed E-state index contributed by atoms with van der Waals surface area (Å²) in [7, 11) is 0. The number of fused-ring (bicyclic) bond motifs is 1. The molecular formula is C17H23N3O3. The first-order valence-corrected chi connectivity index (χ1v) is 7.88. The highest BCUT2D eigenvalue weighted by atomic mass is 16.4. The Labute approximate surface area is 135 Å². The van der Waals surface area contributed by atoms with Crippen molar-refractivity contribution in [3.8, 4) is 0 Å². The monoisotopic (exact) mass is 317 g/mol. The molecule has 6 heteroatoms. The number of carbonyl (C=O) groups is 2. The van der Waals surface area contributed by atoms with E-state index in [0.717, 1.165) is 16.9 Å². The van der Waals surface area contributed by atoms with Crippen molar-refractivity contribution in [2.75, 3.05) is 0 Å². The van der Waals surface area contributed by atoms with Crippen LogP contribution >= 0.6 is 0 Å². The number of aromatic nitrogens is 2. The van der Waals surface area contributed by atoms with Crippen LogP contribution in [0.5, 0.6) is 0 Å². The Morgan fingerprint density at radius 2 is 2.00 bits per heavy atom. The van der Waals surface area contributed by atoms with E-state index in [1.807, 2.05) is 49.6 Å². The maximum absolute atomic E-state index is 12.3. The number of carboxylic acid groups (broad SMARTS) is 1. The number of aryl methyl sites for hydroxylation is 1. The third kappa shape index (κ3) is 4.09. The zero-order chi connectivity index (χ0) is 17.0. The second kappa shape index (κ2) is 7.26. The van der Waals surface area contributed by atoms with Crippen molar-refractivity contribution in [1.29, 1.82) is 0 Å². The van der Waals surface area contributed by atoms with E-state index >= 15 is 0 Å². The quantitative estimate of drug-likeness (QED) is 0.820. The summed E-state index contributed by atoms with van der Waals surface area (Å²) >= 11 is 0. The summed E-state index contributed by atoms with van der Waals surface area (Å²) < 4.78 is 1.85. The van der Waals surface area contributed by atoms with Crippen molar-refractivity contribution in [2.45, 2.75) is 46.2 Å². The van der Waals surface area contributed by atoms with E-state index < -0.39 is 12.0 Å². The van der Waals surface area contributed by atoms with Gasteiger partial charge >= 0.3 is 5.97 Å². The molecule has 0 radical (unpaired) electrons. The molecule has 124 valence electrons. The van der Waals surface area contributed by atoms with Crippen molar-refractivity contribution in [3.05, 3.63) is 30.1 Å². The molecule has 1 amide bonds. The van der Waals surface area contributed by atoms with Gasteiger partial charge in [0.2, 0.25) is 5.91 Å². The maximum Gasteiger partial charge on any atom is 0.326 e. The first-order chi connectivity index (χ1) is 10.9. The third-order valence-corrected chi connectivity index (χ3v) is 3.69. The smallest absolute Gasteiger partial charge is 0.326 e. The zero-order valence-corrected chi connectivity index (χ0v) is 13.7. The van der Waals surface area contributed by atoms with Crippen molar-refractivity contribution in [2.24, 2.45) is 5.92 Å². The first-order valence-electron chi connectivity index (χ1n) is 7.88. The lowest BCUT2D eigenvalue weighted by Crippen LogP contribution is -2.43. The van der Waals surface area contributed by atoms with E-state index in [1.54, 1.807) is 0 Å². The Balaban J connectivity index is 2.18. The van der Waals surface area contributed by atoms with E-state index in [2.05, 4.69) is 10.3 Å². The average Bonchev–Trinajstić information content (AvgIpc) is 2.84. The van der Waals surface area contributed by atoms with Crippen molar-refractivity contribution < 1.29 is 14.7 Å². The summed E-state index contributed by atoms with van der Waals surface area (Å²) in [5, 5.41) is 11.9. The largest absolute Gasteiger partial charge is 0.480 e. The molecule has 0 aliphatic heterocycles. The predicted octanol–water partition coefficient (Wildman–Crippen LogP) is 2.21. The van der Waals surface area contributed by atoms with Gasteiger partial charge < -0.3 is 15.0 Å². The number of hydrogen-bond donors (Lipinski definition) is 2. The van der Waals surface area contributed by atoms with E-state index in [1.165, 1.54) is 0 Å². The van der Waals surface area contributed by atoms with Crippen LogP contribution in [0.25, 0.3) is 11.0 Å². The molecule has 0 aliphatic rings. The molecular weight excluding hydrogens is 294 g/mol. The van der Waals surface area contributed by atoms with Gasteiger partial charge in [-0.1, -0.05) is 32.9 Å². The molecule has 0 saturated carbocycles. The summed E-state index contributed by atoms with van der Waals surface area (Å²) in [5.74, 6) is -0.303. The van der Waals surface area contributed by atoms with Gasteiger partial charge in [-0.15, -0.1) is 0 Å². The van der Waals surface area contributed by atoms with Gasteiger partial charge in [-0.3, -0.25) is 4.79 Å². The minimum absolute atomic E-state index is 0.0750. The lowest BCUT2D eigenvalue weighted by atomic mass is 10.0. The SMILES string of the molecule is CCc1nc2ccccc2n1CC(=O)N[C@H](CC(C)C)C(=O)O. The third-order valence-electron chi connectivity index (χ3n) is 3.69. The molecule has 0 saturated heterocycles. The number of nitrogens with zero attached hydrogens (tertiary/aromatic N) is 2. The van der Waals surface area contributed by atoms with Gasteiger partial charge in [-0.2, -0.15) is 0 Å². The lowest BCUT2D eigenvalue weighted by Gasteiger charge is -2.17. The van der Waals surface area contributed by atoms with Gasteiger partial charge in [-0.25, -0.2) is 9.78 Å². The van der Waals surface area contributed by atoms with Crippen LogP contribution in [0.2, 0.25) is 0 Å². The summed E-state index contributed by atoms with van der Waals surface area (Å²) in [6.07, 6.45) is 1.11. The second-order valence-corrected chi connectivity index (χ2v) is 6.04. The molecule has 2 N–H and O–H groups in total. The fourth-order valence-electron chi connectivity index (χ4n) is 2.65. The van der Waals surface area contributed by atoms with E-state index in [9.17, 15) is 14.7 Å². The first kappa shape index (κ1) is 17.0. The minimum Gasteiger partial charge on any atom is -0.480 e. The summed E-state index contributed by atoms with van der Waals surface area (Å²) in [6.45, 7) is 5.92. The number of hydrogen-bond acceptors (Lipinski definition) is 3. The normalized spacial score (nSPS) is 12.5. The predicted molar refractivity (Wildman–Crippen MR) is 88.1 cm³/mol. The van der Waals surface area contributed by atoms with Crippen LogP contribution in [0.15, 0.2) is 24.3 Å². The van der Waals surface area contributed by atoms with E-state index in [4.69, 9.17) is 0 Å². The highest BCUT2D eigenvalue weighted by molar-refractivity contribution is 5.85. The van der Waals surface area contributed by atoms with Crippen molar-refractivity contribution >= 4 is 22.9 Å². The number of nitrogens with one attached hydrogen (secondary N) is 1. The molecule has 6 nitrogen and oxygen atoms in total. The Bertz CT molecular complexity index is 706. The minimum atomic E-state index is -1.00. The molecule has 2 aromatic rings. The van der Waals surface area contributed by atoms with Crippen molar-refractivity contribution in [3.63, 3.8) is 0 Å². The van der Waals surface area contributed by atoms with Gasteiger partial charge in [0, 0.05) is 6.42 Å². The molecule has 0 bridgehead atoms. The molecule has 2 rings (SSSR count). The Kier molecular flexibility index (Phi) is 5.36. The molecule has 23 heavy (non-hydrogen) atoms. The molecule has 0 unspecified atom stereocenters. The van der Waals surface area contributed by atoms with E-state index in [-0.39, 0.29) is 18.4 Å². The average molecular weight is 317 g/mol. The summed E-state index contributed by atoms with van der Waals surface area (Å²) in [4.78, 5) is 28.1. The number of aliphatic carboxylic acids is 1. The van der Waals surface area contributed by atoms with Gasteiger partial charge in [0.1, 0.15) is 18.4 Å². The van der Waals surface area contributed by atoms with Gasteiger partial charge in [-0.05, 0) is 24.5 Å². The van der Waals surface area contributed by atoms with Crippen LogP contribution in [0.1, 0.15) is 33.0 Å². The summed E-state index contributed by atoms with van der Waals surface area (Å²) in [5.41, 5.74) is 1.73. The van der Waals surface area contributed by atoms with Crippen LogP contribution in [0.3, 0.4) is 0 Å². The number of amides is 1. The summed E-state index contributed by atoms with van der Waals surface area (Å²) in [6, 6.07) is 6.76. The number of para-hydroxylation sites is 2. The van der Waals surface area contributed by atoms with Crippen LogP contribution in [0, 0.1) is 5.92 Å². The zero-order valence-electron chi connectivity index (χ0n) is 13.7. The molecule has 0 aliphatic carbocycles. The Morgan fingerprint density at radius 3 is 2.61 bits per heavy atom. The van der Waals surface area contributed by atoms with Gasteiger partial charge in [0.15, 0.2) is 0 Å². The molecule has 0 fully saturated rings. The maximum atomic E-state index is 12.3. The highest BCUT2D eigenvalue weighted by Gasteiger charge is 2.22. The molecule has 1 aromatic heterocycles. The highest BCUT2D eigenvalue weighted by Crippen LogP contribution is 2.16. The fourth-order valence-corrected chi connectivity index (χ4v) is 2.65. The van der Waals surface area contributed by atoms with Gasteiger partial charge in [0.05, 0.1) is 11.0 Å². The fraction of sp³-hybridized carbons (Fsp3) is 0.471. The number of rotatable bonds is 7. The lowest BCUT2D eigenvalue weighted by molar-refractivity contribution is -0.142. The van der Waals surface area contributed by atoms with Gasteiger partial charge in [0.25, 0.3) is 0 Å². The Morgan fingerprint density at radius 1 is 1.30 bits per heavy atom. The molecule has 1 aromatic carbocycles. The Hall–Kier alpha value is -2.37. The van der Waals surface area contributed by atoms with Crippen LogP contribution < -0.4 is 5.32 Å². The number of benzene rings is 1. The van der Waals surface area contributed by atoms with Crippen LogP contribution in [0.4, 0.5) is 0 Å². The second-order valence-electron chi connectivity index (χ2n) is 6.04.